The van der Waals surface area contributed by atoms with Gasteiger partial charge in [0.25, 0.3) is 0 Å². The minimum Gasteiger partial charge on any atom is -0.489 e. The second-order valence-electron chi connectivity index (χ2n) is 12.0. The maximum atomic E-state index is 11.6. The van der Waals surface area contributed by atoms with Crippen LogP contribution in [0.15, 0.2) is 60.7 Å². The average molecular weight is 655 g/mol. The normalized spacial score (nSPS) is 16.5. The van der Waals surface area contributed by atoms with Gasteiger partial charge >= 0.3 is 6.03 Å². The fourth-order valence-corrected chi connectivity index (χ4v) is 6.65. The molecule has 8 nitrogen and oxygen atoms in total. The van der Waals surface area contributed by atoms with Crippen LogP contribution in [0.2, 0.25) is 10.0 Å². The number of anilines is 1. The lowest BCUT2D eigenvalue weighted by Crippen LogP contribution is -2.47. The first-order valence-electron chi connectivity index (χ1n) is 15.8. The molecule has 0 unspecified atom stereocenters. The van der Waals surface area contributed by atoms with Gasteiger partial charge in [-0.15, -0.1) is 0 Å². The number of halogens is 2. The van der Waals surface area contributed by atoms with Crippen molar-refractivity contribution < 1.29 is 14.3 Å². The molecule has 0 radical (unpaired) electrons. The Hall–Kier alpha value is -3.01. The molecule has 3 aromatic carbocycles. The molecule has 0 aliphatic carbocycles. The number of nitrogens with one attached hydrogen (secondary N) is 2. The number of ether oxygens (including phenoxy) is 2. The van der Waals surface area contributed by atoms with Crippen LogP contribution in [0.1, 0.15) is 24.0 Å². The van der Waals surface area contributed by atoms with E-state index >= 15 is 0 Å². The largest absolute Gasteiger partial charge is 0.489 e. The van der Waals surface area contributed by atoms with E-state index in [4.69, 9.17) is 32.7 Å². The number of methoxy groups -OCH3 is 1. The zero-order valence-corrected chi connectivity index (χ0v) is 27.9. The van der Waals surface area contributed by atoms with Crippen LogP contribution in [0.5, 0.6) is 5.75 Å². The maximum absolute atomic E-state index is 11.6. The maximum Gasteiger partial charge on any atom is 0.314 e. The van der Waals surface area contributed by atoms with Gasteiger partial charge < -0.3 is 25.0 Å². The van der Waals surface area contributed by atoms with Gasteiger partial charge in [-0.05, 0) is 109 Å². The van der Waals surface area contributed by atoms with Gasteiger partial charge in [-0.3, -0.25) is 9.80 Å². The van der Waals surface area contributed by atoms with Crippen molar-refractivity contribution in [1.29, 1.82) is 0 Å². The van der Waals surface area contributed by atoms with Gasteiger partial charge in [-0.25, -0.2) is 4.79 Å². The lowest BCUT2D eigenvalue weighted by Gasteiger charge is -2.36. The molecule has 3 aromatic rings. The summed E-state index contributed by atoms with van der Waals surface area (Å²) in [6, 6.07) is 20.6. The summed E-state index contributed by atoms with van der Waals surface area (Å²) >= 11 is 12.8. The first kappa shape index (κ1) is 33.4. The van der Waals surface area contributed by atoms with E-state index in [1.165, 1.54) is 11.3 Å². The van der Waals surface area contributed by atoms with Gasteiger partial charge in [0.1, 0.15) is 12.4 Å². The van der Waals surface area contributed by atoms with Crippen molar-refractivity contribution in [1.82, 2.24) is 20.4 Å². The minimum absolute atomic E-state index is 0.117. The number of likely N-dealkylation sites (tertiary alicyclic amines) is 1. The number of rotatable bonds is 12. The van der Waals surface area contributed by atoms with Crippen molar-refractivity contribution in [2.24, 2.45) is 5.92 Å². The summed E-state index contributed by atoms with van der Waals surface area (Å²) in [5.41, 5.74) is 5.61. The quantitative estimate of drug-likeness (QED) is 0.244. The van der Waals surface area contributed by atoms with E-state index in [0.717, 1.165) is 94.2 Å². The lowest BCUT2D eigenvalue weighted by atomic mass is 9.95. The van der Waals surface area contributed by atoms with E-state index in [1.807, 2.05) is 12.1 Å². The van der Waals surface area contributed by atoms with E-state index in [-0.39, 0.29) is 6.03 Å². The van der Waals surface area contributed by atoms with Gasteiger partial charge in [0.15, 0.2) is 0 Å². The third-order valence-corrected chi connectivity index (χ3v) is 9.17. The summed E-state index contributed by atoms with van der Waals surface area (Å²) in [6.07, 6.45) is 2.12. The molecule has 0 aromatic heterocycles. The molecular formula is C35H45Cl2N5O3. The van der Waals surface area contributed by atoms with E-state index in [2.05, 4.69) is 67.8 Å². The highest BCUT2D eigenvalue weighted by atomic mass is 35.5. The second-order valence-corrected chi connectivity index (χ2v) is 12.9. The first-order valence-corrected chi connectivity index (χ1v) is 16.6. The van der Waals surface area contributed by atoms with Crippen LogP contribution in [0.4, 0.5) is 10.5 Å². The topological polar surface area (TPSA) is 69.3 Å². The molecule has 2 aliphatic heterocycles. The predicted octanol–water partition coefficient (Wildman–Crippen LogP) is 6.15. The number of hydrogen-bond donors (Lipinski definition) is 2. The van der Waals surface area contributed by atoms with Gasteiger partial charge in [0.05, 0.1) is 6.61 Å². The zero-order chi connectivity index (χ0) is 31.6. The molecule has 0 atom stereocenters. The van der Waals surface area contributed by atoms with Crippen LogP contribution in [-0.2, 0) is 17.9 Å². The molecule has 242 valence electrons. The Bertz CT molecular complexity index is 1370. The lowest BCUT2D eigenvalue weighted by molar-refractivity contribution is 0.144. The molecular weight excluding hydrogens is 609 g/mol. The highest BCUT2D eigenvalue weighted by Crippen LogP contribution is 2.30. The van der Waals surface area contributed by atoms with Gasteiger partial charge in [-0.1, -0.05) is 29.3 Å². The number of carbonyl (C=O) groups excluding carboxylic acids is 1. The highest BCUT2D eigenvalue weighted by molar-refractivity contribution is 6.35. The third-order valence-electron chi connectivity index (χ3n) is 8.73. The van der Waals surface area contributed by atoms with Crippen molar-refractivity contribution in [2.75, 3.05) is 78.0 Å². The molecule has 45 heavy (non-hydrogen) atoms. The Morgan fingerprint density at radius 1 is 0.844 bits per heavy atom. The average Bonchev–Trinajstić information content (AvgIpc) is 3.06. The second kappa shape index (κ2) is 16.5. The molecule has 2 amide bonds. The molecule has 5 rings (SSSR count). The SMILES string of the molecule is CNC(=O)NCC1CCN(Cc2cc(COc3ccc(N4CCN(CCOC)CC4)cc3)cc(-c3cc(Cl)cc(Cl)c3)c2)CC1. The fourth-order valence-electron chi connectivity index (χ4n) is 6.13. The van der Waals surface area contributed by atoms with Crippen molar-refractivity contribution in [3.63, 3.8) is 0 Å². The van der Waals surface area contributed by atoms with Crippen LogP contribution < -0.4 is 20.3 Å². The molecule has 0 saturated carbocycles. The summed E-state index contributed by atoms with van der Waals surface area (Å²) in [5, 5.41) is 6.81. The molecule has 0 bridgehead atoms. The summed E-state index contributed by atoms with van der Waals surface area (Å²) in [4.78, 5) is 18.9. The standard InChI is InChI=1S/C35H45Cl2N5O3/c1-38-35(43)39-23-26-7-9-41(10-8-26)24-27-17-28(19-29(18-27)30-20-31(36)22-32(37)21-30)25-45-34-5-3-33(4-6-34)42-13-11-40(12-14-42)15-16-44-2/h3-6,17-22,26H,7-16,23-25H2,1-2H3,(H2,38,39,43). The van der Waals surface area contributed by atoms with Crippen LogP contribution >= 0.6 is 23.2 Å². The van der Waals surface area contributed by atoms with Crippen LogP contribution in [0.3, 0.4) is 0 Å². The van der Waals surface area contributed by atoms with Crippen molar-refractivity contribution in [2.45, 2.75) is 26.0 Å². The molecule has 10 heteroatoms. The number of benzene rings is 3. The zero-order valence-electron chi connectivity index (χ0n) is 26.4. The Kier molecular flexibility index (Phi) is 12.2. The summed E-state index contributed by atoms with van der Waals surface area (Å²) < 4.78 is 11.5. The molecule has 2 aliphatic rings. The van der Waals surface area contributed by atoms with E-state index in [0.29, 0.717) is 29.1 Å². The predicted molar refractivity (Wildman–Crippen MR) is 184 cm³/mol. The molecule has 2 fully saturated rings. The number of piperazine rings is 1. The number of piperidine rings is 1. The number of amides is 2. The summed E-state index contributed by atoms with van der Waals surface area (Å²) in [6.45, 7) is 9.89. The van der Waals surface area contributed by atoms with Crippen LogP contribution in [-0.4, -0.2) is 89.0 Å². The third kappa shape index (κ3) is 9.99. The van der Waals surface area contributed by atoms with E-state index in [1.54, 1.807) is 20.2 Å². The van der Waals surface area contributed by atoms with Gasteiger partial charge in [0.2, 0.25) is 0 Å². The number of nitrogens with zero attached hydrogens (tertiary/aromatic N) is 3. The van der Waals surface area contributed by atoms with Crippen molar-refractivity contribution >= 4 is 34.9 Å². The Morgan fingerprint density at radius 3 is 2.18 bits per heavy atom. The number of carbonyl (C=O) groups is 1. The summed E-state index contributed by atoms with van der Waals surface area (Å²) in [7, 11) is 3.40. The smallest absolute Gasteiger partial charge is 0.314 e. The van der Waals surface area contributed by atoms with Crippen molar-refractivity contribution in [3.8, 4) is 16.9 Å². The van der Waals surface area contributed by atoms with E-state index < -0.39 is 0 Å². The number of urea groups is 1. The Balaban J connectivity index is 1.23. The monoisotopic (exact) mass is 653 g/mol. The molecule has 2 heterocycles. The molecule has 0 spiro atoms. The van der Waals surface area contributed by atoms with Crippen molar-refractivity contribution in [3.05, 3.63) is 81.8 Å². The molecule has 2 saturated heterocycles. The van der Waals surface area contributed by atoms with Gasteiger partial charge in [0, 0.05) is 75.7 Å². The fraction of sp³-hybridized carbons (Fsp3) is 0.457. The van der Waals surface area contributed by atoms with Crippen LogP contribution in [0, 0.1) is 5.92 Å². The van der Waals surface area contributed by atoms with Crippen LogP contribution in [0.25, 0.3) is 11.1 Å². The van der Waals surface area contributed by atoms with Gasteiger partial charge in [-0.2, -0.15) is 0 Å². The Morgan fingerprint density at radius 2 is 1.51 bits per heavy atom. The highest BCUT2D eigenvalue weighted by Gasteiger charge is 2.21. The first-order chi connectivity index (χ1) is 21.9. The van der Waals surface area contributed by atoms with E-state index in [9.17, 15) is 4.79 Å². The molecule has 2 N–H and O–H groups in total. The Labute approximate surface area is 277 Å². The summed E-state index contributed by atoms with van der Waals surface area (Å²) in [5.74, 6) is 1.35. The minimum atomic E-state index is -0.117. The number of hydrogen-bond acceptors (Lipinski definition) is 6.